The van der Waals surface area contributed by atoms with Gasteiger partial charge in [-0.25, -0.2) is 0 Å². The Hall–Kier alpha value is -0.930. The highest BCUT2D eigenvalue weighted by Crippen LogP contribution is 2.49. The van der Waals surface area contributed by atoms with Crippen LogP contribution in [0.5, 0.6) is 0 Å². The summed E-state index contributed by atoms with van der Waals surface area (Å²) in [5.74, 6) is 0. The molecule has 1 aliphatic heterocycles. The first-order chi connectivity index (χ1) is 8.78. The number of rotatable bonds is 5. The van der Waals surface area contributed by atoms with E-state index in [1.165, 1.54) is 24.0 Å². The summed E-state index contributed by atoms with van der Waals surface area (Å²) in [5, 5.41) is 3.39. The zero-order valence-corrected chi connectivity index (χ0v) is 12.1. The van der Waals surface area contributed by atoms with Crippen molar-refractivity contribution in [3.8, 4) is 0 Å². The summed E-state index contributed by atoms with van der Waals surface area (Å²) in [6, 6.07) is 8.39. The van der Waals surface area contributed by atoms with Crippen LogP contribution in [0.1, 0.15) is 31.7 Å². The normalized spacial score (nSPS) is 22.1. The first-order valence-electron chi connectivity index (χ1n) is 6.44. The molecule has 1 heterocycles. The van der Waals surface area contributed by atoms with Crippen LogP contribution in [0, 0.1) is 0 Å². The zero-order valence-electron chi connectivity index (χ0n) is 11.3. The van der Waals surface area contributed by atoms with Crippen LogP contribution in [0.4, 0.5) is 5.69 Å². The van der Waals surface area contributed by atoms with E-state index in [9.17, 15) is 0 Å². The fraction of sp³-hybridized carbons (Fsp3) is 0.467. The number of fused-ring (bicyclic) bond motifs is 1. The molecule has 0 saturated heterocycles. The average Bonchev–Trinajstić information content (AvgIpc) is 2.44. The van der Waals surface area contributed by atoms with E-state index in [0.717, 1.165) is 12.1 Å². The first kappa shape index (κ1) is 13.5. The molecular weight excluding hydrogens is 242 g/mol. The Morgan fingerprint density at radius 1 is 1.33 bits per heavy atom. The van der Waals surface area contributed by atoms with E-state index in [2.05, 4.69) is 49.0 Å². The van der Waals surface area contributed by atoms with Crippen molar-refractivity contribution in [2.45, 2.75) is 31.1 Å². The summed E-state index contributed by atoms with van der Waals surface area (Å²) in [6.45, 7) is 2.22. The van der Waals surface area contributed by atoms with E-state index in [4.69, 9.17) is 4.74 Å². The maximum atomic E-state index is 5.92. The molecule has 98 valence electrons. The second-order valence-corrected chi connectivity index (χ2v) is 5.47. The molecule has 1 aromatic carbocycles. The van der Waals surface area contributed by atoms with Crippen molar-refractivity contribution in [3.05, 3.63) is 41.6 Å². The summed E-state index contributed by atoms with van der Waals surface area (Å²) < 4.78 is 5.92. The molecule has 1 atom stereocenters. The number of benzene rings is 1. The zero-order chi connectivity index (χ0) is 13.0. The van der Waals surface area contributed by atoms with Crippen molar-refractivity contribution in [1.29, 1.82) is 0 Å². The summed E-state index contributed by atoms with van der Waals surface area (Å²) in [5.41, 5.74) is 3.71. The van der Waals surface area contributed by atoms with Crippen LogP contribution >= 0.6 is 11.8 Å². The fourth-order valence-corrected chi connectivity index (χ4v) is 3.49. The number of methoxy groups -OCH3 is 1. The molecule has 0 aliphatic carbocycles. The van der Waals surface area contributed by atoms with Crippen molar-refractivity contribution in [2.24, 2.45) is 0 Å². The Bertz CT molecular complexity index is 438. The van der Waals surface area contributed by atoms with E-state index in [1.807, 2.05) is 0 Å². The van der Waals surface area contributed by atoms with Gasteiger partial charge in [0.2, 0.25) is 0 Å². The SMILES string of the molecule is CCCCC1=CNc2ccccc2C1(OC)SC. The van der Waals surface area contributed by atoms with Crippen molar-refractivity contribution >= 4 is 17.4 Å². The molecule has 2 rings (SSSR count). The maximum absolute atomic E-state index is 5.92. The Balaban J connectivity index is 2.42. The van der Waals surface area contributed by atoms with E-state index >= 15 is 0 Å². The summed E-state index contributed by atoms with van der Waals surface area (Å²) in [6.07, 6.45) is 7.71. The molecule has 3 heteroatoms. The molecule has 0 radical (unpaired) electrons. The molecule has 1 aliphatic rings. The van der Waals surface area contributed by atoms with Crippen LogP contribution < -0.4 is 5.32 Å². The summed E-state index contributed by atoms with van der Waals surface area (Å²) >= 11 is 1.76. The van der Waals surface area contributed by atoms with E-state index in [0.29, 0.717) is 0 Å². The lowest BCUT2D eigenvalue weighted by Crippen LogP contribution is -2.31. The monoisotopic (exact) mass is 263 g/mol. The number of hydrogen-bond donors (Lipinski definition) is 1. The highest BCUT2D eigenvalue weighted by atomic mass is 32.2. The maximum Gasteiger partial charge on any atom is 0.164 e. The lowest BCUT2D eigenvalue weighted by atomic mass is 9.93. The molecular formula is C15H21NOS. The molecule has 0 aromatic heterocycles. The minimum atomic E-state index is -0.322. The lowest BCUT2D eigenvalue weighted by molar-refractivity contribution is 0.0969. The minimum Gasteiger partial charge on any atom is -0.361 e. The molecule has 0 spiro atoms. The van der Waals surface area contributed by atoms with Crippen LogP contribution in [-0.4, -0.2) is 13.4 Å². The van der Waals surface area contributed by atoms with Crippen LogP contribution in [-0.2, 0) is 9.67 Å². The number of unbranched alkanes of at least 4 members (excludes halogenated alkanes) is 1. The second-order valence-electron chi connectivity index (χ2n) is 4.49. The number of nitrogens with one attached hydrogen (secondary N) is 1. The summed E-state index contributed by atoms with van der Waals surface area (Å²) in [4.78, 5) is -0.322. The molecule has 1 unspecified atom stereocenters. The Labute approximate surface area is 114 Å². The van der Waals surface area contributed by atoms with Gasteiger partial charge in [0.25, 0.3) is 0 Å². The van der Waals surface area contributed by atoms with Crippen molar-refractivity contribution in [2.75, 3.05) is 18.7 Å². The quantitative estimate of drug-likeness (QED) is 0.798. The number of para-hydroxylation sites is 1. The molecule has 1 N–H and O–H groups in total. The van der Waals surface area contributed by atoms with Gasteiger partial charge in [-0.1, -0.05) is 31.5 Å². The predicted molar refractivity (Wildman–Crippen MR) is 79.9 cm³/mol. The minimum absolute atomic E-state index is 0.322. The van der Waals surface area contributed by atoms with E-state index in [1.54, 1.807) is 18.9 Å². The molecule has 18 heavy (non-hydrogen) atoms. The first-order valence-corrected chi connectivity index (χ1v) is 7.66. The van der Waals surface area contributed by atoms with Gasteiger partial charge in [0.15, 0.2) is 4.93 Å². The topological polar surface area (TPSA) is 21.3 Å². The van der Waals surface area contributed by atoms with Crippen LogP contribution in [0.15, 0.2) is 36.0 Å². The van der Waals surface area contributed by atoms with Crippen molar-refractivity contribution in [3.63, 3.8) is 0 Å². The number of ether oxygens (including phenoxy) is 1. The van der Waals surface area contributed by atoms with Crippen molar-refractivity contribution < 1.29 is 4.74 Å². The van der Waals surface area contributed by atoms with Crippen LogP contribution in [0.25, 0.3) is 0 Å². The molecule has 2 nitrogen and oxygen atoms in total. The number of hydrogen-bond acceptors (Lipinski definition) is 3. The standard InChI is InChI=1S/C15H21NOS/c1-4-5-8-12-11-16-14-10-7-6-9-13(14)15(12,17-2)18-3/h6-7,9-11,16H,4-5,8H2,1-3H3. The fourth-order valence-electron chi connectivity index (χ4n) is 2.50. The van der Waals surface area contributed by atoms with Crippen LogP contribution in [0.3, 0.4) is 0 Å². The smallest absolute Gasteiger partial charge is 0.164 e. The molecule has 0 amide bonds. The highest BCUT2D eigenvalue weighted by Gasteiger charge is 2.39. The van der Waals surface area contributed by atoms with Gasteiger partial charge in [-0.05, 0) is 30.7 Å². The third-order valence-electron chi connectivity index (χ3n) is 3.48. The average molecular weight is 263 g/mol. The Kier molecular flexibility index (Phi) is 4.36. The summed E-state index contributed by atoms with van der Waals surface area (Å²) in [7, 11) is 1.80. The molecule has 0 saturated carbocycles. The number of anilines is 1. The second kappa shape index (κ2) is 5.81. The van der Waals surface area contributed by atoms with Crippen LogP contribution in [0.2, 0.25) is 0 Å². The number of thioether (sulfide) groups is 1. The Morgan fingerprint density at radius 3 is 2.78 bits per heavy atom. The van der Waals surface area contributed by atoms with Gasteiger partial charge < -0.3 is 10.1 Å². The lowest BCUT2D eigenvalue weighted by Gasteiger charge is -2.38. The third-order valence-corrected chi connectivity index (χ3v) is 4.70. The van der Waals surface area contributed by atoms with Gasteiger partial charge in [-0.3, -0.25) is 0 Å². The van der Waals surface area contributed by atoms with E-state index in [-0.39, 0.29) is 4.93 Å². The van der Waals surface area contributed by atoms with Gasteiger partial charge in [-0.15, -0.1) is 11.8 Å². The van der Waals surface area contributed by atoms with Gasteiger partial charge in [-0.2, -0.15) is 0 Å². The van der Waals surface area contributed by atoms with Gasteiger partial charge >= 0.3 is 0 Å². The van der Waals surface area contributed by atoms with E-state index < -0.39 is 0 Å². The van der Waals surface area contributed by atoms with Gasteiger partial charge in [0.1, 0.15) is 0 Å². The highest BCUT2D eigenvalue weighted by molar-refractivity contribution is 7.99. The van der Waals surface area contributed by atoms with Crippen molar-refractivity contribution in [1.82, 2.24) is 0 Å². The molecule has 0 fully saturated rings. The van der Waals surface area contributed by atoms with Gasteiger partial charge in [0.05, 0.1) is 0 Å². The molecule has 0 bridgehead atoms. The third kappa shape index (κ3) is 2.17. The molecule has 1 aromatic rings. The predicted octanol–water partition coefficient (Wildman–Crippen LogP) is 4.35. The largest absolute Gasteiger partial charge is 0.361 e. The Morgan fingerprint density at radius 2 is 2.11 bits per heavy atom. The van der Waals surface area contributed by atoms with Gasteiger partial charge in [0, 0.05) is 24.6 Å².